The van der Waals surface area contributed by atoms with Crippen molar-refractivity contribution in [3.05, 3.63) is 27.9 Å². The van der Waals surface area contributed by atoms with E-state index in [1.807, 2.05) is 0 Å². The zero-order valence-electron chi connectivity index (χ0n) is 8.94. The summed E-state index contributed by atoms with van der Waals surface area (Å²) in [7, 11) is -3.61. The fourth-order valence-corrected chi connectivity index (χ4v) is 2.86. The molecule has 18 heavy (non-hydrogen) atoms. The average Bonchev–Trinajstić information content (AvgIpc) is 2.27. The van der Waals surface area contributed by atoms with Crippen LogP contribution in [0.25, 0.3) is 0 Å². The van der Waals surface area contributed by atoms with E-state index in [2.05, 4.69) is 4.98 Å². The van der Waals surface area contributed by atoms with Gasteiger partial charge in [0.1, 0.15) is 6.07 Å². The van der Waals surface area contributed by atoms with Gasteiger partial charge in [-0.3, -0.25) is 10.1 Å². The number of hydrogen-bond donors (Lipinski definition) is 1. The van der Waals surface area contributed by atoms with E-state index in [0.717, 1.165) is 17.8 Å². The SMILES string of the molecule is N#Cc1cnc(SCCS(N)(=O)=O)c([N+](=O)[O-])c1. The highest BCUT2D eigenvalue weighted by atomic mass is 32.2. The van der Waals surface area contributed by atoms with Gasteiger partial charge in [0.2, 0.25) is 10.0 Å². The molecule has 1 aromatic heterocycles. The van der Waals surface area contributed by atoms with Crippen LogP contribution in [0.2, 0.25) is 0 Å². The first-order valence-corrected chi connectivity index (χ1v) is 7.21. The van der Waals surface area contributed by atoms with Gasteiger partial charge in [0.05, 0.1) is 16.2 Å². The van der Waals surface area contributed by atoms with Crippen molar-refractivity contribution < 1.29 is 13.3 Å². The van der Waals surface area contributed by atoms with Crippen molar-refractivity contribution in [1.82, 2.24) is 4.98 Å². The van der Waals surface area contributed by atoms with Gasteiger partial charge in [-0.25, -0.2) is 18.5 Å². The Labute approximate surface area is 107 Å². The molecule has 8 nitrogen and oxygen atoms in total. The molecule has 1 rings (SSSR count). The number of hydrogen-bond acceptors (Lipinski definition) is 7. The van der Waals surface area contributed by atoms with E-state index >= 15 is 0 Å². The summed E-state index contributed by atoms with van der Waals surface area (Å²) in [5.41, 5.74) is -0.258. The Kier molecular flexibility index (Phi) is 4.60. The Morgan fingerprint density at radius 3 is 2.78 bits per heavy atom. The molecular formula is C8H8N4O4S2. The maximum absolute atomic E-state index is 10.7. The molecule has 2 N–H and O–H groups in total. The first-order valence-electron chi connectivity index (χ1n) is 4.51. The van der Waals surface area contributed by atoms with Gasteiger partial charge < -0.3 is 0 Å². The smallest absolute Gasteiger partial charge is 0.258 e. The molecule has 0 aliphatic carbocycles. The van der Waals surface area contributed by atoms with Gasteiger partial charge >= 0.3 is 5.69 Å². The van der Waals surface area contributed by atoms with Gasteiger partial charge in [0, 0.05) is 18.0 Å². The number of sulfonamides is 1. The van der Waals surface area contributed by atoms with Crippen LogP contribution in [0.3, 0.4) is 0 Å². The van der Waals surface area contributed by atoms with E-state index in [9.17, 15) is 18.5 Å². The molecule has 0 fully saturated rings. The van der Waals surface area contributed by atoms with Crippen LogP contribution in [0.1, 0.15) is 5.56 Å². The Hall–Kier alpha value is -1.70. The van der Waals surface area contributed by atoms with Crippen molar-refractivity contribution in [2.45, 2.75) is 5.03 Å². The summed E-state index contributed by atoms with van der Waals surface area (Å²) < 4.78 is 21.4. The molecular weight excluding hydrogens is 280 g/mol. The molecule has 0 saturated heterocycles. The van der Waals surface area contributed by atoms with E-state index < -0.39 is 14.9 Å². The van der Waals surface area contributed by atoms with Crippen molar-refractivity contribution in [2.75, 3.05) is 11.5 Å². The van der Waals surface area contributed by atoms with Gasteiger partial charge in [-0.15, -0.1) is 0 Å². The van der Waals surface area contributed by atoms with Crippen LogP contribution < -0.4 is 5.14 Å². The van der Waals surface area contributed by atoms with Gasteiger partial charge in [0.25, 0.3) is 0 Å². The maximum Gasteiger partial charge on any atom is 0.302 e. The van der Waals surface area contributed by atoms with Crippen LogP contribution >= 0.6 is 11.8 Å². The van der Waals surface area contributed by atoms with Gasteiger partial charge in [-0.2, -0.15) is 5.26 Å². The number of rotatable bonds is 5. The molecule has 96 valence electrons. The van der Waals surface area contributed by atoms with Crippen molar-refractivity contribution in [1.29, 1.82) is 5.26 Å². The number of thioether (sulfide) groups is 1. The molecule has 0 unspecified atom stereocenters. The van der Waals surface area contributed by atoms with Crippen molar-refractivity contribution >= 4 is 27.5 Å². The fraction of sp³-hybridized carbons (Fsp3) is 0.250. The number of nitrogens with two attached hydrogens (primary N) is 1. The number of aromatic nitrogens is 1. The molecule has 10 heteroatoms. The van der Waals surface area contributed by atoms with Crippen molar-refractivity contribution in [3.8, 4) is 6.07 Å². The summed E-state index contributed by atoms with van der Waals surface area (Å²) in [5.74, 6) is -0.255. The van der Waals surface area contributed by atoms with Crippen LogP contribution in [0, 0.1) is 21.4 Å². The van der Waals surface area contributed by atoms with Gasteiger partial charge in [0.15, 0.2) is 5.03 Å². The molecule has 0 spiro atoms. The quantitative estimate of drug-likeness (QED) is 0.465. The molecule has 0 amide bonds. The minimum Gasteiger partial charge on any atom is -0.258 e. The predicted molar refractivity (Wildman–Crippen MR) is 64.3 cm³/mol. The second kappa shape index (κ2) is 5.76. The minimum atomic E-state index is -3.61. The Balaban J connectivity index is 2.89. The van der Waals surface area contributed by atoms with E-state index in [1.54, 1.807) is 6.07 Å². The highest BCUT2D eigenvalue weighted by Crippen LogP contribution is 2.27. The second-order valence-corrected chi connectivity index (χ2v) is 5.95. The number of nitrogens with zero attached hydrogens (tertiary/aromatic N) is 3. The molecule has 0 atom stereocenters. The lowest BCUT2D eigenvalue weighted by atomic mass is 10.3. The normalized spacial score (nSPS) is 10.9. The van der Waals surface area contributed by atoms with Crippen LogP contribution in [-0.4, -0.2) is 29.8 Å². The molecule has 1 heterocycles. The monoisotopic (exact) mass is 288 g/mol. The topological polar surface area (TPSA) is 140 Å². The van der Waals surface area contributed by atoms with Crippen molar-refractivity contribution in [3.63, 3.8) is 0 Å². The number of pyridine rings is 1. The van der Waals surface area contributed by atoms with E-state index in [0.29, 0.717) is 0 Å². The van der Waals surface area contributed by atoms with Crippen LogP contribution in [0.15, 0.2) is 17.3 Å². The highest BCUT2D eigenvalue weighted by Gasteiger charge is 2.17. The Morgan fingerprint density at radius 1 is 1.61 bits per heavy atom. The van der Waals surface area contributed by atoms with E-state index in [1.165, 1.54) is 6.20 Å². The van der Waals surface area contributed by atoms with Crippen LogP contribution in [0.5, 0.6) is 0 Å². The van der Waals surface area contributed by atoms with E-state index in [-0.39, 0.29) is 27.8 Å². The van der Waals surface area contributed by atoms with Crippen LogP contribution in [0.4, 0.5) is 5.69 Å². The maximum atomic E-state index is 10.7. The zero-order valence-corrected chi connectivity index (χ0v) is 10.6. The number of nitriles is 1. The van der Waals surface area contributed by atoms with Crippen LogP contribution in [-0.2, 0) is 10.0 Å². The zero-order chi connectivity index (χ0) is 13.8. The van der Waals surface area contributed by atoms with E-state index in [4.69, 9.17) is 10.4 Å². The molecule has 0 aliphatic heterocycles. The largest absolute Gasteiger partial charge is 0.302 e. The summed E-state index contributed by atoms with van der Waals surface area (Å²) in [6.45, 7) is 0. The number of nitro groups is 1. The summed E-state index contributed by atoms with van der Waals surface area (Å²) in [6, 6.07) is 2.83. The highest BCUT2D eigenvalue weighted by molar-refractivity contribution is 8.00. The molecule has 1 aromatic rings. The summed E-state index contributed by atoms with van der Waals surface area (Å²) in [5, 5.41) is 24.2. The van der Waals surface area contributed by atoms with Gasteiger partial charge in [-0.05, 0) is 0 Å². The molecule has 0 aliphatic rings. The first kappa shape index (κ1) is 14.4. The molecule has 0 saturated carbocycles. The third-order valence-electron chi connectivity index (χ3n) is 1.76. The lowest BCUT2D eigenvalue weighted by Gasteiger charge is -2.01. The molecule has 0 bridgehead atoms. The third kappa shape index (κ3) is 4.28. The lowest BCUT2D eigenvalue weighted by molar-refractivity contribution is -0.388. The Bertz CT molecular complexity index is 608. The predicted octanol–water partition coefficient (Wildman–Crippen LogP) is 0.242. The minimum absolute atomic E-state index is 0.0541. The van der Waals surface area contributed by atoms with Gasteiger partial charge in [-0.1, -0.05) is 11.8 Å². The second-order valence-electron chi connectivity index (χ2n) is 3.13. The third-order valence-corrected chi connectivity index (χ3v) is 3.79. The lowest BCUT2D eigenvalue weighted by Crippen LogP contribution is -2.17. The molecule has 0 aromatic carbocycles. The number of primary sulfonamides is 1. The summed E-state index contributed by atoms with van der Waals surface area (Å²) in [4.78, 5) is 13.8. The average molecular weight is 288 g/mol. The summed E-state index contributed by atoms with van der Waals surface area (Å²) in [6.07, 6.45) is 1.19. The molecule has 0 radical (unpaired) electrons. The summed E-state index contributed by atoms with van der Waals surface area (Å²) >= 11 is 0.900. The standard InChI is InChI=1S/C8H8N4O4S2/c9-4-6-3-7(12(13)14)8(11-5-6)17-1-2-18(10,15)16/h3,5H,1-2H2,(H2,10,15,16). The fourth-order valence-electron chi connectivity index (χ4n) is 0.998. The van der Waals surface area contributed by atoms with Crippen molar-refractivity contribution in [2.24, 2.45) is 5.14 Å². The Morgan fingerprint density at radius 2 is 2.28 bits per heavy atom. The first-order chi connectivity index (χ1) is 8.33.